The number of nitrogens with two attached hydrogens (primary N) is 1. The summed E-state index contributed by atoms with van der Waals surface area (Å²) in [5, 5.41) is 0.931. The maximum absolute atomic E-state index is 13.1. The molecular formula is C13H10Cl2FNOS. The maximum atomic E-state index is 13.1. The molecule has 0 bridgehead atoms. The number of halogens is 3. The molecule has 2 aromatic carbocycles. The first-order valence-corrected chi connectivity index (χ1v) is 7.42. The molecule has 0 aliphatic carbocycles. The first-order chi connectivity index (χ1) is 8.97. The highest BCUT2D eigenvalue weighted by Crippen LogP contribution is 2.25. The molecule has 1 unspecified atom stereocenters. The first-order valence-electron chi connectivity index (χ1n) is 5.34. The van der Waals surface area contributed by atoms with Gasteiger partial charge in [0.05, 0.1) is 21.4 Å². The Morgan fingerprint density at radius 1 is 1.16 bits per heavy atom. The van der Waals surface area contributed by atoms with Crippen LogP contribution in [0.1, 0.15) is 5.56 Å². The summed E-state index contributed by atoms with van der Waals surface area (Å²) in [4.78, 5) is 0.269. The molecule has 0 amide bonds. The van der Waals surface area contributed by atoms with Gasteiger partial charge in [-0.1, -0.05) is 29.3 Å². The van der Waals surface area contributed by atoms with Crippen molar-refractivity contribution >= 4 is 39.7 Å². The molecular weight excluding hydrogens is 308 g/mol. The van der Waals surface area contributed by atoms with E-state index in [0.29, 0.717) is 21.3 Å². The SMILES string of the molecule is Nc1ccc(F)cc1S(=O)Cc1ccc(Cl)cc1Cl. The van der Waals surface area contributed by atoms with E-state index >= 15 is 0 Å². The molecule has 19 heavy (non-hydrogen) atoms. The molecule has 2 N–H and O–H groups in total. The van der Waals surface area contributed by atoms with E-state index in [1.54, 1.807) is 18.2 Å². The van der Waals surface area contributed by atoms with Crippen LogP contribution in [-0.2, 0) is 16.6 Å². The van der Waals surface area contributed by atoms with Crippen molar-refractivity contribution in [3.05, 3.63) is 57.8 Å². The third kappa shape index (κ3) is 3.47. The Balaban J connectivity index is 2.28. The topological polar surface area (TPSA) is 43.1 Å². The maximum Gasteiger partial charge on any atom is 0.124 e. The average molecular weight is 318 g/mol. The molecule has 0 aromatic heterocycles. The molecule has 1 atom stereocenters. The molecule has 0 saturated carbocycles. The highest BCUT2D eigenvalue weighted by atomic mass is 35.5. The molecule has 6 heteroatoms. The number of benzene rings is 2. The number of hydrogen-bond donors (Lipinski definition) is 1. The minimum Gasteiger partial charge on any atom is -0.398 e. The lowest BCUT2D eigenvalue weighted by Crippen LogP contribution is -2.02. The van der Waals surface area contributed by atoms with Gasteiger partial charge in [-0.25, -0.2) is 4.39 Å². The minimum atomic E-state index is -1.47. The van der Waals surface area contributed by atoms with Crippen molar-refractivity contribution in [3.8, 4) is 0 Å². The van der Waals surface area contributed by atoms with Gasteiger partial charge in [0.2, 0.25) is 0 Å². The zero-order valence-electron chi connectivity index (χ0n) is 9.70. The van der Waals surface area contributed by atoms with Gasteiger partial charge < -0.3 is 5.73 Å². The lowest BCUT2D eigenvalue weighted by atomic mass is 10.2. The number of anilines is 1. The van der Waals surface area contributed by atoms with Crippen molar-refractivity contribution in [3.63, 3.8) is 0 Å². The summed E-state index contributed by atoms with van der Waals surface area (Å²) in [7, 11) is -1.47. The summed E-state index contributed by atoms with van der Waals surface area (Å²) in [6.07, 6.45) is 0. The number of rotatable bonds is 3. The van der Waals surface area contributed by atoms with E-state index in [1.165, 1.54) is 18.2 Å². The van der Waals surface area contributed by atoms with Crippen molar-refractivity contribution in [1.82, 2.24) is 0 Å². The highest BCUT2D eigenvalue weighted by molar-refractivity contribution is 7.84. The van der Waals surface area contributed by atoms with Gasteiger partial charge in [-0.15, -0.1) is 0 Å². The van der Waals surface area contributed by atoms with Gasteiger partial charge in [-0.05, 0) is 35.9 Å². The Hall–Kier alpha value is -1.10. The number of hydrogen-bond acceptors (Lipinski definition) is 2. The molecule has 2 nitrogen and oxygen atoms in total. The summed E-state index contributed by atoms with van der Waals surface area (Å²) >= 11 is 11.8. The standard InChI is InChI=1S/C13H10Cl2FNOS/c14-9-2-1-8(11(15)5-9)7-19(18)13-6-10(16)3-4-12(13)17/h1-6H,7,17H2. The summed E-state index contributed by atoms with van der Waals surface area (Å²) in [5.74, 6) is -0.316. The second-order valence-corrected chi connectivity index (χ2v) is 6.17. The summed E-state index contributed by atoms with van der Waals surface area (Å²) < 4.78 is 25.3. The fraction of sp³-hybridized carbons (Fsp3) is 0.0769. The average Bonchev–Trinajstić information content (AvgIpc) is 2.35. The van der Waals surface area contributed by atoms with Gasteiger partial charge in [0.25, 0.3) is 0 Å². The smallest absolute Gasteiger partial charge is 0.124 e. The third-order valence-electron chi connectivity index (χ3n) is 2.52. The van der Waals surface area contributed by atoms with Gasteiger partial charge >= 0.3 is 0 Å². The molecule has 2 aromatic rings. The molecule has 0 heterocycles. The molecule has 2 rings (SSSR count). The quantitative estimate of drug-likeness (QED) is 0.869. The molecule has 100 valence electrons. The summed E-state index contributed by atoms with van der Waals surface area (Å²) in [6.45, 7) is 0. The van der Waals surface area contributed by atoms with E-state index in [4.69, 9.17) is 28.9 Å². The van der Waals surface area contributed by atoms with E-state index in [1.807, 2.05) is 0 Å². The van der Waals surface area contributed by atoms with Crippen LogP contribution >= 0.6 is 23.2 Å². The molecule has 0 saturated heterocycles. The van der Waals surface area contributed by atoms with E-state index in [0.717, 1.165) is 0 Å². The molecule has 0 fully saturated rings. The van der Waals surface area contributed by atoms with Crippen LogP contribution in [0.2, 0.25) is 10.0 Å². The van der Waals surface area contributed by atoms with Crippen molar-refractivity contribution in [1.29, 1.82) is 0 Å². The first kappa shape index (κ1) is 14.3. The fourth-order valence-electron chi connectivity index (χ4n) is 1.56. The highest BCUT2D eigenvalue weighted by Gasteiger charge is 2.12. The monoisotopic (exact) mass is 317 g/mol. The van der Waals surface area contributed by atoms with Crippen LogP contribution < -0.4 is 5.73 Å². The van der Waals surface area contributed by atoms with E-state index in [9.17, 15) is 8.60 Å². The van der Waals surface area contributed by atoms with Crippen LogP contribution in [0.25, 0.3) is 0 Å². The van der Waals surface area contributed by atoms with Gasteiger partial charge in [-0.2, -0.15) is 0 Å². The zero-order chi connectivity index (χ0) is 14.0. The van der Waals surface area contributed by atoms with Crippen molar-refractivity contribution in [2.24, 2.45) is 0 Å². The lowest BCUT2D eigenvalue weighted by Gasteiger charge is -2.07. The lowest BCUT2D eigenvalue weighted by molar-refractivity contribution is 0.623. The Morgan fingerprint density at radius 3 is 2.58 bits per heavy atom. The summed E-state index contributed by atoms with van der Waals surface area (Å²) in [5.41, 5.74) is 6.66. The third-order valence-corrected chi connectivity index (χ3v) is 4.53. The Kier molecular flexibility index (Phi) is 4.45. The predicted octanol–water partition coefficient (Wildman–Crippen LogP) is 4.02. The van der Waals surface area contributed by atoms with Gasteiger partial charge in [0.1, 0.15) is 5.82 Å². The zero-order valence-corrected chi connectivity index (χ0v) is 12.0. The van der Waals surface area contributed by atoms with Gasteiger partial charge in [-0.3, -0.25) is 4.21 Å². The minimum absolute atomic E-state index is 0.156. The van der Waals surface area contributed by atoms with Crippen molar-refractivity contribution < 1.29 is 8.60 Å². The predicted molar refractivity (Wildman–Crippen MR) is 77.4 cm³/mol. The van der Waals surface area contributed by atoms with Gasteiger partial charge in [0.15, 0.2) is 0 Å². The largest absolute Gasteiger partial charge is 0.398 e. The summed E-state index contributed by atoms with van der Waals surface area (Å²) in [6, 6.07) is 8.73. The molecule has 0 spiro atoms. The van der Waals surface area contributed by atoms with E-state index < -0.39 is 16.6 Å². The van der Waals surface area contributed by atoms with Crippen molar-refractivity contribution in [2.45, 2.75) is 10.6 Å². The van der Waals surface area contributed by atoms with E-state index in [2.05, 4.69) is 0 Å². The second kappa shape index (κ2) is 5.90. The second-order valence-electron chi connectivity index (χ2n) is 3.91. The molecule has 0 aliphatic rings. The van der Waals surface area contributed by atoms with Crippen molar-refractivity contribution in [2.75, 3.05) is 5.73 Å². The Labute approximate surface area is 122 Å². The Morgan fingerprint density at radius 2 is 1.89 bits per heavy atom. The van der Waals surface area contributed by atoms with Gasteiger partial charge in [0, 0.05) is 15.7 Å². The molecule has 0 aliphatic heterocycles. The van der Waals surface area contributed by atoms with Crippen LogP contribution in [0.3, 0.4) is 0 Å². The molecule has 0 radical (unpaired) electrons. The van der Waals surface area contributed by atoms with Crippen LogP contribution in [0.4, 0.5) is 10.1 Å². The Bertz CT molecular complexity index is 649. The van der Waals surface area contributed by atoms with Crippen LogP contribution in [0, 0.1) is 5.82 Å². The van der Waals surface area contributed by atoms with Crippen LogP contribution in [0.5, 0.6) is 0 Å². The normalized spacial score (nSPS) is 12.4. The van der Waals surface area contributed by atoms with Crippen LogP contribution in [0.15, 0.2) is 41.3 Å². The fourth-order valence-corrected chi connectivity index (χ4v) is 3.38. The van der Waals surface area contributed by atoms with E-state index in [-0.39, 0.29) is 10.6 Å². The van der Waals surface area contributed by atoms with Crippen LogP contribution in [-0.4, -0.2) is 4.21 Å². The number of nitrogen functional groups attached to an aromatic ring is 1.